The Kier molecular flexibility index (Phi) is 16.8. The fraction of sp³-hybridized carbons (Fsp3) is 0.229. The standard InChI is InChI=1S/C70H65IN12O8/c1-67(2,3)50-21-13-38(14-22-50)59-76-80-63(88-59)46-30-42(31-47(34-46)64-81-77-60(89-64)39-15-23-51(24-16-39)68(4,5)6)55(84)72-74-57(86)44-29-45(37-54(71)36-44)58(87)75-73-56(85)43-32-48(65-82-78-61(90-65)40-17-25-52(26-18-40)69(7,8)9)35-49(33-43)66-83-79-62(91-66)41-19-27-53(28-20-41)70(10,11)12/h13-37H,1-12H3,(H,72,84)(H,73,85)(H,74,86)(H,75,87). The molecular formula is C70H65IN12O8. The quantitative estimate of drug-likeness (QED) is 0.0654. The van der Waals surface area contributed by atoms with Crippen molar-refractivity contribution in [2.75, 3.05) is 0 Å². The molecule has 7 aromatic carbocycles. The van der Waals surface area contributed by atoms with Gasteiger partial charge in [0.15, 0.2) is 0 Å². The van der Waals surface area contributed by atoms with Crippen LogP contribution in [-0.4, -0.2) is 64.4 Å². The average molecular weight is 1330 g/mol. The second kappa shape index (κ2) is 24.6. The number of rotatable bonds is 12. The molecule has 0 aliphatic heterocycles. The van der Waals surface area contributed by atoms with Crippen LogP contribution in [0, 0.1) is 3.57 Å². The maximum atomic E-state index is 14.1. The Morgan fingerprint density at radius 2 is 0.462 bits per heavy atom. The van der Waals surface area contributed by atoms with Crippen molar-refractivity contribution in [1.29, 1.82) is 0 Å². The molecule has 0 saturated carbocycles. The van der Waals surface area contributed by atoms with E-state index >= 15 is 0 Å². The van der Waals surface area contributed by atoms with Crippen molar-refractivity contribution in [3.05, 3.63) is 200 Å². The van der Waals surface area contributed by atoms with Crippen LogP contribution in [0.15, 0.2) is 169 Å². The maximum Gasteiger partial charge on any atom is 0.269 e. The molecule has 0 atom stereocenters. The first-order chi connectivity index (χ1) is 43.1. The number of hydrazine groups is 2. The van der Waals surface area contributed by atoms with Crippen LogP contribution in [-0.2, 0) is 21.7 Å². The van der Waals surface area contributed by atoms with Gasteiger partial charge in [-0.05, 0) is 170 Å². The number of amides is 4. The predicted molar refractivity (Wildman–Crippen MR) is 352 cm³/mol. The number of hydrogen-bond donors (Lipinski definition) is 4. The number of benzene rings is 7. The lowest BCUT2D eigenvalue weighted by Crippen LogP contribution is -2.42. The van der Waals surface area contributed by atoms with E-state index in [1.165, 1.54) is 42.5 Å². The summed E-state index contributed by atoms with van der Waals surface area (Å²) in [5, 5.41) is 34.6. The summed E-state index contributed by atoms with van der Waals surface area (Å²) in [5.74, 6) is -1.58. The highest BCUT2D eigenvalue weighted by atomic mass is 127. The lowest BCUT2D eigenvalue weighted by molar-refractivity contribution is 0.0842. The minimum atomic E-state index is -0.763. The first kappa shape index (κ1) is 62.3. The van der Waals surface area contributed by atoms with Gasteiger partial charge < -0.3 is 17.7 Å². The number of aromatic nitrogens is 8. The molecular weight excluding hydrogens is 1260 g/mol. The molecule has 11 aromatic rings. The van der Waals surface area contributed by atoms with Crippen molar-refractivity contribution in [2.24, 2.45) is 0 Å². The Hall–Kier alpha value is -10.3. The van der Waals surface area contributed by atoms with Crippen LogP contribution in [0.5, 0.6) is 0 Å². The van der Waals surface area contributed by atoms with Gasteiger partial charge in [0, 0.05) is 70.3 Å². The minimum Gasteiger partial charge on any atom is -0.416 e. The van der Waals surface area contributed by atoms with E-state index in [2.05, 4.69) is 146 Å². The molecule has 0 saturated heterocycles. The molecule has 0 radical (unpaired) electrons. The molecule has 4 aromatic heterocycles. The summed E-state index contributed by atoms with van der Waals surface area (Å²) in [6.07, 6.45) is 0. The average Bonchev–Trinajstić information content (AvgIpc) is 1.87. The fourth-order valence-corrected chi connectivity index (χ4v) is 10.3. The van der Waals surface area contributed by atoms with Gasteiger partial charge in [-0.25, -0.2) is 0 Å². The fourth-order valence-electron chi connectivity index (χ4n) is 9.66. The summed E-state index contributed by atoms with van der Waals surface area (Å²) in [4.78, 5) is 56.1. The Morgan fingerprint density at radius 1 is 0.275 bits per heavy atom. The summed E-state index contributed by atoms with van der Waals surface area (Å²) in [6, 6.07) is 45.1. The van der Waals surface area contributed by atoms with Crippen molar-refractivity contribution >= 4 is 46.2 Å². The van der Waals surface area contributed by atoms with Crippen molar-refractivity contribution < 1.29 is 36.8 Å². The monoisotopic (exact) mass is 1330 g/mol. The van der Waals surface area contributed by atoms with Crippen LogP contribution in [0.3, 0.4) is 0 Å². The van der Waals surface area contributed by atoms with Gasteiger partial charge in [0.1, 0.15) is 0 Å². The van der Waals surface area contributed by atoms with Crippen molar-refractivity contribution in [3.8, 4) is 91.6 Å². The Labute approximate surface area is 538 Å². The highest BCUT2D eigenvalue weighted by Gasteiger charge is 2.25. The van der Waals surface area contributed by atoms with Gasteiger partial charge in [-0.2, -0.15) is 0 Å². The number of nitrogens with one attached hydrogen (secondary N) is 4. The second-order valence-electron chi connectivity index (χ2n) is 26.1. The molecule has 0 unspecified atom stereocenters. The van der Waals surface area contributed by atoms with Gasteiger partial charge in [-0.1, -0.05) is 132 Å². The molecule has 4 heterocycles. The van der Waals surface area contributed by atoms with Crippen molar-refractivity contribution in [3.63, 3.8) is 0 Å². The zero-order chi connectivity index (χ0) is 64.7. The van der Waals surface area contributed by atoms with Gasteiger partial charge in [0.05, 0.1) is 0 Å². The largest absolute Gasteiger partial charge is 0.416 e. The number of carbonyl (C=O) groups excluding carboxylic acids is 4. The molecule has 91 heavy (non-hydrogen) atoms. The van der Waals surface area contributed by atoms with E-state index in [0.29, 0.717) is 48.1 Å². The molecule has 4 N–H and O–H groups in total. The minimum absolute atomic E-state index is 0.00597. The molecule has 20 nitrogen and oxygen atoms in total. The topological polar surface area (TPSA) is 272 Å². The summed E-state index contributed by atoms with van der Waals surface area (Å²) >= 11 is 1.96. The van der Waals surface area contributed by atoms with E-state index in [-0.39, 0.29) is 91.0 Å². The second-order valence-corrected chi connectivity index (χ2v) is 27.3. The van der Waals surface area contributed by atoms with Gasteiger partial charge in [-0.3, -0.25) is 40.9 Å². The first-order valence-electron chi connectivity index (χ1n) is 29.2. The summed E-state index contributed by atoms with van der Waals surface area (Å²) in [6.45, 7) is 25.5. The molecule has 4 amide bonds. The Balaban J connectivity index is 0.813. The Bertz CT molecular complexity index is 4030. The summed E-state index contributed by atoms with van der Waals surface area (Å²) in [7, 11) is 0. The summed E-state index contributed by atoms with van der Waals surface area (Å²) in [5.41, 5.74) is 18.4. The van der Waals surface area contributed by atoms with E-state index in [9.17, 15) is 19.2 Å². The van der Waals surface area contributed by atoms with Crippen molar-refractivity contribution in [1.82, 2.24) is 62.5 Å². The lowest BCUT2D eigenvalue weighted by Gasteiger charge is -2.18. The normalized spacial score (nSPS) is 12.0. The molecule has 0 aliphatic carbocycles. The number of carbonyl (C=O) groups is 4. The SMILES string of the molecule is CC(C)(C)c1ccc(-c2nnc(-c3cc(C(=O)NNC(=O)c4cc(I)cc(C(=O)NNC(=O)c5cc(-c6nnc(-c7ccc(C(C)(C)C)cc7)o6)cc(-c6nnc(-c7ccc(C(C)(C)C)cc7)o6)c5)c4)cc(-c4nnc(-c5ccc(C(C)(C)C)cc5)o4)c3)o2)cc1. The van der Waals surface area contributed by atoms with E-state index in [1.54, 1.807) is 12.1 Å². The third-order valence-corrected chi connectivity index (χ3v) is 15.7. The van der Waals surface area contributed by atoms with Gasteiger partial charge in [-0.15, -0.1) is 40.8 Å². The smallest absolute Gasteiger partial charge is 0.269 e. The summed E-state index contributed by atoms with van der Waals surface area (Å²) < 4.78 is 25.3. The van der Waals surface area contributed by atoms with Crippen LogP contribution in [0.4, 0.5) is 0 Å². The third-order valence-electron chi connectivity index (χ3n) is 15.1. The number of nitrogens with zero attached hydrogens (tertiary/aromatic N) is 8. The lowest BCUT2D eigenvalue weighted by atomic mass is 9.87. The molecule has 21 heteroatoms. The predicted octanol–water partition coefficient (Wildman–Crippen LogP) is 14.5. The number of halogens is 1. The van der Waals surface area contributed by atoms with Crippen molar-refractivity contribution in [2.45, 2.75) is 105 Å². The van der Waals surface area contributed by atoms with Gasteiger partial charge in [0.25, 0.3) is 23.6 Å². The maximum absolute atomic E-state index is 14.1. The molecule has 460 valence electrons. The molecule has 0 spiro atoms. The zero-order valence-corrected chi connectivity index (χ0v) is 54.3. The van der Waals surface area contributed by atoms with Crippen LogP contribution < -0.4 is 21.7 Å². The van der Waals surface area contributed by atoms with Gasteiger partial charge in [0.2, 0.25) is 47.1 Å². The van der Waals surface area contributed by atoms with E-state index in [4.69, 9.17) is 17.7 Å². The molecule has 0 bridgehead atoms. The molecule has 0 fully saturated rings. The van der Waals surface area contributed by atoms with E-state index in [0.717, 1.165) is 22.3 Å². The zero-order valence-electron chi connectivity index (χ0n) is 52.2. The van der Waals surface area contributed by atoms with Crippen LogP contribution in [0.2, 0.25) is 0 Å². The first-order valence-corrected chi connectivity index (χ1v) is 30.3. The van der Waals surface area contributed by atoms with E-state index < -0.39 is 23.6 Å². The van der Waals surface area contributed by atoms with E-state index in [1.807, 2.05) is 120 Å². The highest BCUT2D eigenvalue weighted by molar-refractivity contribution is 14.1. The van der Waals surface area contributed by atoms with Gasteiger partial charge >= 0.3 is 0 Å². The third kappa shape index (κ3) is 14.3. The Morgan fingerprint density at radius 3 is 0.659 bits per heavy atom. The van der Waals surface area contributed by atoms with Crippen LogP contribution in [0.25, 0.3) is 91.6 Å². The molecule has 0 aliphatic rings. The molecule has 11 rings (SSSR count). The number of hydrogen-bond acceptors (Lipinski definition) is 16. The van der Waals surface area contributed by atoms with Crippen LogP contribution in [0.1, 0.15) is 147 Å². The van der Waals surface area contributed by atoms with Crippen LogP contribution >= 0.6 is 22.6 Å². The highest BCUT2D eigenvalue weighted by Crippen LogP contribution is 2.36.